The largest absolute Gasteiger partial charge is 0.469 e. The van der Waals surface area contributed by atoms with E-state index in [2.05, 4.69) is 15.2 Å². The van der Waals surface area contributed by atoms with Gasteiger partial charge in [-0.25, -0.2) is 8.78 Å². The number of hydrogen-bond donors (Lipinski definition) is 1. The van der Waals surface area contributed by atoms with Crippen LogP contribution in [-0.2, 0) is 9.53 Å². The predicted molar refractivity (Wildman–Crippen MR) is 74.4 cm³/mol. The number of hydrogen-bond acceptors (Lipinski definition) is 4. The molecular weight excluding hydrogens is 280 g/mol. The number of esters is 1. The van der Waals surface area contributed by atoms with Crippen LogP contribution in [0, 0.1) is 5.92 Å². The molecule has 0 spiro atoms. The third-order valence-electron chi connectivity index (χ3n) is 4.11. The summed E-state index contributed by atoms with van der Waals surface area (Å²) < 4.78 is 32.1. The van der Waals surface area contributed by atoms with E-state index >= 15 is 0 Å². The summed E-state index contributed by atoms with van der Waals surface area (Å²) in [6.45, 7) is 0. The molecule has 0 saturated heterocycles. The summed E-state index contributed by atoms with van der Waals surface area (Å²) >= 11 is 0. The molecule has 21 heavy (non-hydrogen) atoms. The third kappa shape index (κ3) is 3.71. The minimum atomic E-state index is -2.58. The maximum absolute atomic E-state index is 12.9. The first-order chi connectivity index (χ1) is 10.0. The van der Waals surface area contributed by atoms with Crippen LogP contribution in [-0.4, -0.2) is 29.9 Å². The van der Waals surface area contributed by atoms with E-state index in [1.54, 1.807) is 17.9 Å². The number of halogens is 2. The van der Waals surface area contributed by atoms with Crippen molar-refractivity contribution in [3.63, 3.8) is 0 Å². The summed E-state index contributed by atoms with van der Waals surface area (Å²) in [5.41, 5.74) is 0.177. The number of alkyl halides is 2. The zero-order valence-electron chi connectivity index (χ0n) is 12.3. The van der Waals surface area contributed by atoms with Gasteiger partial charge >= 0.3 is 5.97 Å². The van der Waals surface area contributed by atoms with Gasteiger partial charge in [0.1, 0.15) is 0 Å². The van der Waals surface area contributed by atoms with Gasteiger partial charge in [-0.2, -0.15) is 5.10 Å². The Morgan fingerprint density at radius 1 is 1.48 bits per heavy atom. The second-order valence-electron chi connectivity index (χ2n) is 5.41. The summed E-state index contributed by atoms with van der Waals surface area (Å²) in [5.74, 6) is 0.137. The molecule has 1 N–H and O–H groups in total. The second-order valence-corrected chi connectivity index (χ2v) is 5.41. The van der Waals surface area contributed by atoms with E-state index in [4.69, 9.17) is 0 Å². The number of rotatable bonds is 5. The van der Waals surface area contributed by atoms with Crippen molar-refractivity contribution in [2.24, 2.45) is 5.92 Å². The van der Waals surface area contributed by atoms with E-state index in [9.17, 15) is 13.6 Å². The molecule has 1 saturated carbocycles. The SMILES string of the molecule is CNc1cn([C@H]2CC[C@H](CC(=O)OC)CC2)nc1C(F)F. The van der Waals surface area contributed by atoms with Gasteiger partial charge in [-0.15, -0.1) is 0 Å². The van der Waals surface area contributed by atoms with Crippen molar-refractivity contribution >= 4 is 11.7 Å². The van der Waals surface area contributed by atoms with Gasteiger partial charge < -0.3 is 10.1 Å². The number of anilines is 1. The molecule has 0 radical (unpaired) electrons. The average Bonchev–Trinajstić information content (AvgIpc) is 2.92. The molecule has 118 valence electrons. The fourth-order valence-corrected chi connectivity index (χ4v) is 2.88. The molecule has 0 amide bonds. The van der Waals surface area contributed by atoms with Crippen molar-refractivity contribution in [1.29, 1.82) is 0 Å². The lowest BCUT2D eigenvalue weighted by Crippen LogP contribution is -2.21. The quantitative estimate of drug-likeness (QED) is 0.849. The van der Waals surface area contributed by atoms with E-state index in [-0.39, 0.29) is 17.7 Å². The van der Waals surface area contributed by atoms with Gasteiger partial charge in [-0.05, 0) is 31.6 Å². The Morgan fingerprint density at radius 2 is 2.14 bits per heavy atom. The summed E-state index contributed by atoms with van der Waals surface area (Å²) in [5, 5.41) is 6.77. The number of methoxy groups -OCH3 is 1. The Hall–Kier alpha value is -1.66. The molecule has 0 bridgehead atoms. The topological polar surface area (TPSA) is 56.2 Å². The number of nitrogens with zero attached hydrogens (tertiary/aromatic N) is 2. The van der Waals surface area contributed by atoms with Crippen molar-refractivity contribution in [2.45, 2.75) is 44.6 Å². The normalized spacial score (nSPS) is 22.3. The highest BCUT2D eigenvalue weighted by molar-refractivity contribution is 5.69. The lowest BCUT2D eigenvalue weighted by atomic mass is 9.84. The lowest BCUT2D eigenvalue weighted by Gasteiger charge is -2.28. The molecule has 1 fully saturated rings. The monoisotopic (exact) mass is 301 g/mol. The molecule has 0 aliphatic heterocycles. The van der Waals surface area contributed by atoms with Crippen molar-refractivity contribution in [2.75, 3.05) is 19.5 Å². The second kappa shape index (κ2) is 6.87. The molecular formula is C14H21F2N3O2. The van der Waals surface area contributed by atoms with Crippen LogP contribution < -0.4 is 5.32 Å². The molecule has 0 atom stereocenters. The number of carbonyl (C=O) groups is 1. The van der Waals surface area contributed by atoms with E-state index in [1.165, 1.54) is 7.11 Å². The highest BCUT2D eigenvalue weighted by Crippen LogP contribution is 2.35. The van der Waals surface area contributed by atoms with Crippen LogP contribution in [0.3, 0.4) is 0 Å². The number of carbonyl (C=O) groups excluding carboxylic acids is 1. The molecule has 5 nitrogen and oxygen atoms in total. The van der Waals surface area contributed by atoms with Gasteiger partial charge in [0, 0.05) is 19.7 Å². The maximum Gasteiger partial charge on any atom is 0.305 e. The molecule has 1 aromatic heterocycles. The fraction of sp³-hybridized carbons (Fsp3) is 0.714. The molecule has 0 aromatic carbocycles. The Kier molecular flexibility index (Phi) is 5.14. The molecule has 1 aliphatic carbocycles. The van der Waals surface area contributed by atoms with E-state index in [1.807, 2.05) is 0 Å². The Bertz CT molecular complexity index is 483. The molecule has 1 aromatic rings. The Morgan fingerprint density at radius 3 is 2.62 bits per heavy atom. The molecule has 0 unspecified atom stereocenters. The zero-order valence-corrected chi connectivity index (χ0v) is 12.3. The zero-order chi connectivity index (χ0) is 15.4. The number of nitrogens with one attached hydrogen (secondary N) is 1. The van der Waals surface area contributed by atoms with Crippen molar-refractivity contribution in [3.05, 3.63) is 11.9 Å². The predicted octanol–water partition coefficient (Wildman–Crippen LogP) is 3.16. The van der Waals surface area contributed by atoms with Gasteiger partial charge in [0.2, 0.25) is 0 Å². The van der Waals surface area contributed by atoms with Gasteiger partial charge in [-0.3, -0.25) is 9.48 Å². The van der Waals surface area contributed by atoms with E-state index < -0.39 is 6.43 Å². The Balaban J connectivity index is 1.97. The standard InChI is InChI=1S/C14H21F2N3O2/c1-17-11-8-19(18-13(11)14(15)16)10-5-3-9(4-6-10)7-12(20)21-2/h8-10,14,17H,3-7H2,1-2H3/t9-,10-. The first-order valence-electron chi connectivity index (χ1n) is 7.17. The van der Waals surface area contributed by atoms with Crippen LogP contribution in [0.4, 0.5) is 14.5 Å². The van der Waals surface area contributed by atoms with Crippen molar-refractivity contribution in [1.82, 2.24) is 9.78 Å². The first kappa shape index (κ1) is 15.7. The Labute approximate surface area is 122 Å². The molecule has 1 heterocycles. The first-order valence-corrected chi connectivity index (χ1v) is 7.17. The molecule has 7 heteroatoms. The maximum atomic E-state index is 12.9. The summed E-state index contributed by atoms with van der Waals surface area (Å²) in [6, 6.07) is 0.124. The number of aromatic nitrogens is 2. The lowest BCUT2D eigenvalue weighted by molar-refractivity contribution is -0.142. The van der Waals surface area contributed by atoms with Gasteiger partial charge in [0.15, 0.2) is 5.69 Å². The van der Waals surface area contributed by atoms with Crippen LogP contribution in [0.25, 0.3) is 0 Å². The average molecular weight is 301 g/mol. The number of ether oxygens (including phenoxy) is 1. The minimum Gasteiger partial charge on any atom is -0.469 e. The van der Waals surface area contributed by atoms with Crippen LogP contribution in [0.5, 0.6) is 0 Å². The van der Waals surface area contributed by atoms with Crippen molar-refractivity contribution in [3.8, 4) is 0 Å². The highest BCUT2D eigenvalue weighted by atomic mass is 19.3. The van der Waals surface area contributed by atoms with Gasteiger partial charge in [-0.1, -0.05) is 0 Å². The van der Waals surface area contributed by atoms with E-state index in [0.717, 1.165) is 25.7 Å². The summed E-state index contributed by atoms with van der Waals surface area (Å²) in [6.07, 6.45) is 2.96. The third-order valence-corrected chi connectivity index (χ3v) is 4.11. The summed E-state index contributed by atoms with van der Waals surface area (Å²) in [7, 11) is 3.00. The van der Waals surface area contributed by atoms with E-state index in [0.29, 0.717) is 18.0 Å². The van der Waals surface area contributed by atoms with Crippen LogP contribution in [0.1, 0.15) is 50.3 Å². The molecule has 2 rings (SSSR count). The van der Waals surface area contributed by atoms with Crippen molar-refractivity contribution < 1.29 is 18.3 Å². The fourth-order valence-electron chi connectivity index (χ4n) is 2.88. The molecule has 1 aliphatic rings. The van der Waals surface area contributed by atoms with Gasteiger partial charge in [0.05, 0.1) is 18.8 Å². The van der Waals surface area contributed by atoms with Crippen LogP contribution in [0.15, 0.2) is 6.20 Å². The summed E-state index contributed by atoms with van der Waals surface area (Å²) in [4.78, 5) is 11.3. The minimum absolute atomic E-state index is 0.124. The van der Waals surface area contributed by atoms with Crippen LogP contribution >= 0.6 is 0 Å². The van der Waals surface area contributed by atoms with Gasteiger partial charge in [0.25, 0.3) is 6.43 Å². The smallest absolute Gasteiger partial charge is 0.305 e. The highest BCUT2D eigenvalue weighted by Gasteiger charge is 2.27. The van der Waals surface area contributed by atoms with Crippen LogP contribution in [0.2, 0.25) is 0 Å².